The van der Waals surface area contributed by atoms with Crippen LogP contribution in [-0.4, -0.2) is 74.5 Å². The molecule has 114 valence electrons. The highest BCUT2D eigenvalue weighted by Gasteiger charge is 2.24. The van der Waals surface area contributed by atoms with Gasteiger partial charge in [-0.1, -0.05) is 0 Å². The monoisotopic (exact) mass is 282 g/mol. The van der Waals surface area contributed by atoms with Gasteiger partial charge in [0.05, 0.1) is 0 Å². The van der Waals surface area contributed by atoms with Crippen molar-refractivity contribution in [3.63, 3.8) is 0 Å². The average molecular weight is 282 g/mol. The first-order valence-corrected chi connectivity index (χ1v) is 7.63. The maximum absolute atomic E-state index is 12.1. The van der Waals surface area contributed by atoms with Crippen molar-refractivity contribution in [2.75, 3.05) is 52.9 Å². The highest BCUT2D eigenvalue weighted by molar-refractivity contribution is 5.78. The van der Waals surface area contributed by atoms with E-state index in [0.717, 1.165) is 58.7 Å². The molecule has 0 saturated carbocycles. The summed E-state index contributed by atoms with van der Waals surface area (Å²) in [5.41, 5.74) is 0. The molecule has 0 aromatic heterocycles. The second-order valence-corrected chi connectivity index (χ2v) is 5.61. The standard InChI is InChI=1S/C14H26N4O2/c1-15-14(20)12-2-7-17(8-3-12)9-4-13(19)18-10-5-16-6-11-18/h12,16H,2-11H2,1H3,(H,15,20). The number of rotatable bonds is 4. The number of hydrogen-bond acceptors (Lipinski definition) is 4. The number of likely N-dealkylation sites (tertiary alicyclic amines) is 1. The number of nitrogens with zero attached hydrogens (tertiary/aromatic N) is 2. The third kappa shape index (κ3) is 4.18. The third-order valence-corrected chi connectivity index (χ3v) is 4.32. The lowest BCUT2D eigenvalue weighted by molar-refractivity contribution is -0.132. The lowest BCUT2D eigenvalue weighted by Crippen LogP contribution is -2.47. The van der Waals surface area contributed by atoms with Crippen LogP contribution in [0.5, 0.6) is 0 Å². The van der Waals surface area contributed by atoms with E-state index in [2.05, 4.69) is 15.5 Å². The number of piperidine rings is 1. The Morgan fingerprint density at radius 2 is 1.80 bits per heavy atom. The Balaban J connectivity index is 1.65. The number of piperazine rings is 1. The molecule has 2 heterocycles. The van der Waals surface area contributed by atoms with Crippen molar-refractivity contribution >= 4 is 11.8 Å². The maximum atomic E-state index is 12.1. The van der Waals surface area contributed by atoms with E-state index in [4.69, 9.17) is 0 Å². The Labute approximate surface area is 120 Å². The second kappa shape index (κ2) is 7.59. The molecule has 2 rings (SSSR count). The Hall–Kier alpha value is -1.14. The van der Waals surface area contributed by atoms with E-state index in [9.17, 15) is 9.59 Å². The highest BCUT2D eigenvalue weighted by atomic mass is 16.2. The summed E-state index contributed by atoms with van der Waals surface area (Å²) in [5, 5.41) is 5.97. The van der Waals surface area contributed by atoms with E-state index in [-0.39, 0.29) is 17.7 Å². The van der Waals surface area contributed by atoms with Gasteiger partial charge < -0.3 is 20.4 Å². The molecule has 0 radical (unpaired) electrons. The first-order chi connectivity index (χ1) is 9.70. The lowest BCUT2D eigenvalue weighted by atomic mass is 9.96. The molecule has 0 atom stereocenters. The summed E-state index contributed by atoms with van der Waals surface area (Å²) in [5.74, 6) is 0.571. The zero-order valence-corrected chi connectivity index (χ0v) is 12.4. The topological polar surface area (TPSA) is 64.7 Å². The number of carbonyl (C=O) groups excluding carboxylic acids is 2. The maximum Gasteiger partial charge on any atom is 0.223 e. The van der Waals surface area contributed by atoms with Crippen LogP contribution in [0, 0.1) is 5.92 Å². The molecule has 0 aromatic rings. The molecular formula is C14H26N4O2. The van der Waals surface area contributed by atoms with Gasteiger partial charge in [0.25, 0.3) is 0 Å². The summed E-state index contributed by atoms with van der Waals surface area (Å²) in [4.78, 5) is 27.9. The molecule has 2 aliphatic rings. The first-order valence-electron chi connectivity index (χ1n) is 7.63. The molecule has 0 spiro atoms. The van der Waals surface area contributed by atoms with E-state index in [0.29, 0.717) is 6.42 Å². The van der Waals surface area contributed by atoms with Gasteiger partial charge in [-0.2, -0.15) is 0 Å². The molecule has 2 aliphatic heterocycles. The van der Waals surface area contributed by atoms with Gasteiger partial charge in [0.2, 0.25) is 11.8 Å². The van der Waals surface area contributed by atoms with Crippen molar-refractivity contribution in [1.29, 1.82) is 0 Å². The van der Waals surface area contributed by atoms with Crippen LogP contribution in [0.4, 0.5) is 0 Å². The van der Waals surface area contributed by atoms with E-state index >= 15 is 0 Å². The number of amides is 2. The molecule has 2 saturated heterocycles. The predicted molar refractivity (Wildman–Crippen MR) is 77.3 cm³/mol. The number of nitrogens with one attached hydrogen (secondary N) is 2. The zero-order valence-electron chi connectivity index (χ0n) is 12.4. The molecular weight excluding hydrogens is 256 g/mol. The third-order valence-electron chi connectivity index (χ3n) is 4.32. The smallest absolute Gasteiger partial charge is 0.223 e. The van der Waals surface area contributed by atoms with Crippen molar-refractivity contribution in [2.45, 2.75) is 19.3 Å². The fraction of sp³-hybridized carbons (Fsp3) is 0.857. The minimum Gasteiger partial charge on any atom is -0.359 e. The molecule has 2 fully saturated rings. The number of carbonyl (C=O) groups is 2. The van der Waals surface area contributed by atoms with Crippen LogP contribution in [0.15, 0.2) is 0 Å². The summed E-state index contributed by atoms with van der Waals surface area (Å²) in [6, 6.07) is 0. The van der Waals surface area contributed by atoms with Crippen molar-refractivity contribution < 1.29 is 9.59 Å². The van der Waals surface area contributed by atoms with Gasteiger partial charge >= 0.3 is 0 Å². The fourth-order valence-corrected chi connectivity index (χ4v) is 2.95. The van der Waals surface area contributed by atoms with Crippen LogP contribution in [0.2, 0.25) is 0 Å². The van der Waals surface area contributed by atoms with E-state index in [1.54, 1.807) is 7.05 Å². The molecule has 2 amide bonds. The van der Waals surface area contributed by atoms with Crippen LogP contribution in [0.1, 0.15) is 19.3 Å². The molecule has 6 heteroatoms. The Kier molecular flexibility index (Phi) is 5.79. The summed E-state index contributed by atoms with van der Waals surface area (Å²) >= 11 is 0. The second-order valence-electron chi connectivity index (χ2n) is 5.61. The van der Waals surface area contributed by atoms with Crippen LogP contribution in [0.3, 0.4) is 0 Å². The molecule has 20 heavy (non-hydrogen) atoms. The molecule has 2 N–H and O–H groups in total. The first kappa shape index (κ1) is 15.3. The van der Waals surface area contributed by atoms with E-state index in [1.165, 1.54) is 0 Å². The normalized spacial score (nSPS) is 21.8. The Morgan fingerprint density at radius 1 is 1.15 bits per heavy atom. The van der Waals surface area contributed by atoms with Gasteiger partial charge in [-0.3, -0.25) is 9.59 Å². The van der Waals surface area contributed by atoms with Crippen LogP contribution in [-0.2, 0) is 9.59 Å². The minimum absolute atomic E-state index is 0.153. The molecule has 6 nitrogen and oxygen atoms in total. The number of hydrogen-bond donors (Lipinski definition) is 2. The molecule has 0 aliphatic carbocycles. The van der Waals surface area contributed by atoms with Crippen molar-refractivity contribution in [2.24, 2.45) is 5.92 Å². The van der Waals surface area contributed by atoms with E-state index in [1.807, 2.05) is 4.90 Å². The molecule has 0 aromatic carbocycles. The minimum atomic E-state index is 0.153. The summed E-state index contributed by atoms with van der Waals surface area (Å²) < 4.78 is 0. The molecule has 0 unspecified atom stereocenters. The van der Waals surface area contributed by atoms with Crippen molar-refractivity contribution in [1.82, 2.24) is 20.4 Å². The van der Waals surface area contributed by atoms with Gasteiger partial charge in [0.15, 0.2) is 0 Å². The van der Waals surface area contributed by atoms with Crippen LogP contribution in [0.25, 0.3) is 0 Å². The van der Waals surface area contributed by atoms with Gasteiger partial charge in [-0.05, 0) is 25.9 Å². The van der Waals surface area contributed by atoms with Gasteiger partial charge in [-0.25, -0.2) is 0 Å². The Bertz CT molecular complexity index is 334. The van der Waals surface area contributed by atoms with Crippen molar-refractivity contribution in [3.8, 4) is 0 Å². The van der Waals surface area contributed by atoms with Crippen LogP contribution < -0.4 is 10.6 Å². The van der Waals surface area contributed by atoms with Gasteiger partial charge in [-0.15, -0.1) is 0 Å². The predicted octanol–water partition coefficient (Wildman–Crippen LogP) is -0.734. The van der Waals surface area contributed by atoms with E-state index < -0.39 is 0 Å². The largest absolute Gasteiger partial charge is 0.359 e. The van der Waals surface area contributed by atoms with Crippen molar-refractivity contribution in [3.05, 3.63) is 0 Å². The summed E-state index contributed by atoms with van der Waals surface area (Å²) in [6.07, 6.45) is 2.41. The SMILES string of the molecule is CNC(=O)C1CCN(CCC(=O)N2CCNCC2)CC1. The zero-order chi connectivity index (χ0) is 14.4. The fourth-order valence-electron chi connectivity index (χ4n) is 2.95. The quantitative estimate of drug-likeness (QED) is 0.713. The Morgan fingerprint density at radius 3 is 2.40 bits per heavy atom. The summed E-state index contributed by atoms with van der Waals surface area (Å²) in [6.45, 7) is 6.14. The summed E-state index contributed by atoms with van der Waals surface area (Å²) in [7, 11) is 1.70. The van der Waals surface area contributed by atoms with Gasteiger partial charge in [0, 0.05) is 52.1 Å². The highest BCUT2D eigenvalue weighted by Crippen LogP contribution is 2.17. The average Bonchev–Trinajstić information content (AvgIpc) is 2.53. The van der Waals surface area contributed by atoms with Gasteiger partial charge in [0.1, 0.15) is 0 Å². The molecule has 0 bridgehead atoms. The van der Waals surface area contributed by atoms with Crippen LogP contribution >= 0.6 is 0 Å². The lowest BCUT2D eigenvalue weighted by Gasteiger charge is -2.32.